The van der Waals surface area contributed by atoms with Crippen LogP contribution in [0, 0.1) is 5.92 Å². The second kappa shape index (κ2) is 8.94. The first-order chi connectivity index (χ1) is 12.9. The third-order valence-corrected chi connectivity index (χ3v) is 3.90. The summed E-state index contributed by atoms with van der Waals surface area (Å²) in [4.78, 5) is 47.5. The van der Waals surface area contributed by atoms with E-state index in [9.17, 15) is 14.4 Å². The van der Waals surface area contributed by atoms with Crippen LogP contribution in [0.15, 0.2) is 28.7 Å². The lowest BCUT2D eigenvalue weighted by Crippen LogP contribution is -2.62. The molecule has 1 unspecified atom stereocenters. The predicted molar refractivity (Wildman–Crippen MR) is 99.0 cm³/mol. The lowest BCUT2D eigenvalue weighted by atomic mass is 9.93. The van der Waals surface area contributed by atoms with Crippen molar-refractivity contribution >= 4 is 35.5 Å². The molecule has 5 N–H and O–H groups in total. The molecular weight excluding hydrogens is 352 g/mol. The molecule has 0 bridgehead atoms. The average molecular weight is 374 g/mol. The molecule has 1 heterocycles. The number of imide groups is 1. The van der Waals surface area contributed by atoms with Crippen molar-refractivity contribution in [2.24, 2.45) is 21.7 Å². The van der Waals surface area contributed by atoms with E-state index in [1.165, 1.54) is 38.8 Å². The molecule has 0 spiro atoms. The van der Waals surface area contributed by atoms with Crippen LogP contribution in [0.4, 0.5) is 5.82 Å². The topological polar surface area (TPSA) is 164 Å². The highest BCUT2D eigenvalue weighted by Gasteiger charge is 2.48. The Balaban J connectivity index is 2.05. The van der Waals surface area contributed by atoms with Crippen LogP contribution in [0.1, 0.15) is 19.8 Å². The highest BCUT2D eigenvalue weighted by atomic mass is 16.2. The van der Waals surface area contributed by atoms with Crippen LogP contribution in [0.2, 0.25) is 0 Å². The number of carbonyl (C=O) groups excluding carboxylic acids is 3. The fourth-order valence-electron chi connectivity index (χ4n) is 2.34. The van der Waals surface area contributed by atoms with Crippen molar-refractivity contribution in [1.29, 1.82) is 0 Å². The Morgan fingerprint density at radius 3 is 2.67 bits per heavy atom. The molecule has 144 valence electrons. The Labute approximate surface area is 155 Å². The van der Waals surface area contributed by atoms with Crippen molar-refractivity contribution in [2.75, 3.05) is 19.0 Å². The number of hydrogen-bond donors (Lipinski definition) is 4. The summed E-state index contributed by atoms with van der Waals surface area (Å²) < 4.78 is 0. The number of amides is 3. The maximum absolute atomic E-state index is 12.4. The quantitative estimate of drug-likeness (QED) is 0.329. The minimum absolute atomic E-state index is 0.0340. The van der Waals surface area contributed by atoms with Crippen molar-refractivity contribution in [3.8, 4) is 0 Å². The lowest BCUT2D eigenvalue weighted by Gasteiger charge is -2.27. The summed E-state index contributed by atoms with van der Waals surface area (Å²) in [6.07, 6.45) is 7.17. The molecule has 1 aromatic rings. The van der Waals surface area contributed by atoms with E-state index >= 15 is 0 Å². The molecule has 11 nitrogen and oxygen atoms in total. The maximum atomic E-state index is 12.4. The summed E-state index contributed by atoms with van der Waals surface area (Å²) in [5.74, 6) is -1.45. The second-order valence-electron chi connectivity index (χ2n) is 6.09. The third kappa shape index (κ3) is 5.64. The molecule has 0 saturated heterocycles. The first-order valence-electron chi connectivity index (χ1n) is 8.27. The molecule has 1 aromatic heterocycles. The summed E-state index contributed by atoms with van der Waals surface area (Å²) in [5, 5.41) is 8.72. The molecule has 1 fully saturated rings. The highest BCUT2D eigenvalue weighted by molar-refractivity contribution is 6.60. The van der Waals surface area contributed by atoms with Crippen LogP contribution < -0.4 is 21.8 Å². The molecule has 3 amide bonds. The number of carbonyl (C=O) groups is 3. The lowest BCUT2D eigenvalue weighted by molar-refractivity contribution is -0.133. The Bertz CT molecular complexity index is 760. The summed E-state index contributed by atoms with van der Waals surface area (Å²) in [6, 6.07) is 0. The molecular formula is C16H22N8O3. The van der Waals surface area contributed by atoms with Crippen molar-refractivity contribution in [1.82, 2.24) is 20.6 Å². The monoisotopic (exact) mass is 374 g/mol. The van der Waals surface area contributed by atoms with E-state index in [0.29, 0.717) is 5.82 Å². The number of aromatic nitrogens is 2. The molecule has 0 aromatic carbocycles. The van der Waals surface area contributed by atoms with Gasteiger partial charge in [-0.3, -0.25) is 35.1 Å². The molecule has 0 aliphatic heterocycles. The van der Waals surface area contributed by atoms with Gasteiger partial charge in [0.05, 0.1) is 12.4 Å². The molecule has 27 heavy (non-hydrogen) atoms. The number of aliphatic imine (C=N–C) groups is 1. The van der Waals surface area contributed by atoms with Crippen LogP contribution in [0.25, 0.3) is 0 Å². The van der Waals surface area contributed by atoms with Crippen LogP contribution >= 0.6 is 0 Å². The van der Waals surface area contributed by atoms with Crippen molar-refractivity contribution < 1.29 is 14.4 Å². The summed E-state index contributed by atoms with van der Waals surface area (Å²) in [5.41, 5.74) is 7.39. The molecule has 0 radical (unpaired) electrons. The molecule has 1 saturated carbocycles. The van der Waals surface area contributed by atoms with E-state index < -0.39 is 23.3 Å². The number of hydrazone groups is 1. The van der Waals surface area contributed by atoms with Gasteiger partial charge in [-0.1, -0.05) is 0 Å². The number of rotatable bonds is 8. The Kier molecular flexibility index (Phi) is 6.66. The number of nitrogens with two attached hydrogens (primary N) is 1. The van der Waals surface area contributed by atoms with Gasteiger partial charge in [-0.2, -0.15) is 5.10 Å². The fraction of sp³-hybridized carbons (Fsp3) is 0.438. The summed E-state index contributed by atoms with van der Waals surface area (Å²) in [6.45, 7) is 1.09. The van der Waals surface area contributed by atoms with Gasteiger partial charge >= 0.3 is 0 Å². The smallest absolute Gasteiger partial charge is 0.273 e. The van der Waals surface area contributed by atoms with Crippen LogP contribution in [0.3, 0.4) is 0 Å². The van der Waals surface area contributed by atoms with Gasteiger partial charge < -0.3 is 11.1 Å². The van der Waals surface area contributed by atoms with Gasteiger partial charge in [0.2, 0.25) is 11.8 Å². The summed E-state index contributed by atoms with van der Waals surface area (Å²) >= 11 is 0. The number of anilines is 1. The number of nitrogens with one attached hydrogen (secondary N) is 3. The predicted octanol–water partition coefficient (Wildman–Crippen LogP) is -1.17. The van der Waals surface area contributed by atoms with Crippen molar-refractivity contribution in [2.45, 2.75) is 25.3 Å². The Morgan fingerprint density at radius 1 is 1.37 bits per heavy atom. The molecule has 2 rings (SSSR count). The minimum Gasteiger partial charge on any atom is -0.348 e. The third-order valence-electron chi connectivity index (χ3n) is 3.90. The van der Waals surface area contributed by atoms with E-state index in [4.69, 9.17) is 5.73 Å². The van der Waals surface area contributed by atoms with E-state index in [1.807, 2.05) is 0 Å². The normalized spacial score (nSPS) is 16.5. The van der Waals surface area contributed by atoms with E-state index in [0.717, 1.165) is 12.8 Å². The Morgan fingerprint density at radius 2 is 2.11 bits per heavy atom. The van der Waals surface area contributed by atoms with Gasteiger partial charge in [-0.15, -0.1) is 0 Å². The Hall–Kier alpha value is -3.21. The van der Waals surface area contributed by atoms with Crippen molar-refractivity contribution in [3.05, 3.63) is 18.6 Å². The second-order valence-corrected chi connectivity index (χ2v) is 6.09. The van der Waals surface area contributed by atoms with Gasteiger partial charge in [-0.25, -0.2) is 4.98 Å². The zero-order valence-corrected chi connectivity index (χ0v) is 15.1. The summed E-state index contributed by atoms with van der Waals surface area (Å²) in [7, 11) is 1.49. The van der Waals surface area contributed by atoms with Crippen LogP contribution in [0.5, 0.6) is 0 Å². The van der Waals surface area contributed by atoms with E-state index in [-0.39, 0.29) is 18.2 Å². The first kappa shape index (κ1) is 20.1. The van der Waals surface area contributed by atoms with E-state index in [2.05, 4.69) is 36.1 Å². The van der Waals surface area contributed by atoms with Gasteiger partial charge in [0.25, 0.3) is 5.91 Å². The first-order valence-corrected chi connectivity index (χ1v) is 8.27. The maximum Gasteiger partial charge on any atom is 0.273 e. The molecule has 1 atom stereocenters. The van der Waals surface area contributed by atoms with Crippen molar-refractivity contribution in [3.63, 3.8) is 0 Å². The molecule has 11 heteroatoms. The number of nitrogens with zero attached hydrogens (tertiary/aromatic N) is 4. The van der Waals surface area contributed by atoms with Crippen LogP contribution in [-0.4, -0.2) is 58.7 Å². The largest absolute Gasteiger partial charge is 0.348 e. The van der Waals surface area contributed by atoms with Gasteiger partial charge in [0.1, 0.15) is 5.54 Å². The number of hydrogen-bond acceptors (Lipinski definition) is 9. The zero-order valence-electron chi connectivity index (χ0n) is 15.1. The van der Waals surface area contributed by atoms with Gasteiger partial charge in [0.15, 0.2) is 11.5 Å². The fourth-order valence-corrected chi connectivity index (χ4v) is 2.34. The van der Waals surface area contributed by atoms with Gasteiger partial charge in [0, 0.05) is 32.9 Å². The molecule has 1 aliphatic rings. The van der Waals surface area contributed by atoms with Gasteiger partial charge in [-0.05, 0) is 18.8 Å². The van der Waals surface area contributed by atoms with Crippen LogP contribution in [-0.2, 0) is 14.4 Å². The average Bonchev–Trinajstić information content (AvgIpc) is 3.48. The molecule has 1 aliphatic carbocycles. The van der Waals surface area contributed by atoms with E-state index in [1.54, 1.807) is 0 Å². The standard InChI is InChI=1S/C16H22N8O3/c1-10(25)22-15(27)16(17,11-3-4-11)9-21-14(26)12(7-18-2)23-24-13-8-19-5-6-20-13/h5-8,11H,3-4,9,17H2,1-2H3,(H,20,24)(H,21,26)(H,22,25,27)/b18-7-,23-12+. The highest BCUT2D eigenvalue weighted by Crippen LogP contribution is 2.38. The zero-order chi connectivity index (χ0) is 19.9. The SMILES string of the molecule is C/N=C\C(=N/Nc1cnccn1)C(=O)NCC(N)(C(=O)NC(C)=O)C1CC1. The minimum atomic E-state index is -1.37.